The van der Waals surface area contributed by atoms with Crippen molar-refractivity contribution in [1.29, 1.82) is 0 Å². The maximum Gasteiger partial charge on any atom is 0.328 e. The van der Waals surface area contributed by atoms with Crippen LogP contribution in [0.25, 0.3) is 6.08 Å². The Hall–Kier alpha value is -2.67. The van der Waals surface area contributed by atoms with Crippen LogP contribution in [0, 0.1) is 0 Å². The predicted octanol–water partition coefficient (Wildman–Crippen LogP) is 1.82. The molecule has 1 amide bonds. The van der Waals surface area contributed by atoms with E-state index < -0.39 is 5.97 Å². The van der Waals surface area contributed by atoms with Gasteiger partial charge in [-0.1, -0.05) is 17.7 Å². The van der Waals surface area contributed by atoms with Gasteiger partial charge in [0.05, 0.1) is 0 Å². The second kappa shape index (κ2) is 6.19. The first kappa shape index (κ1) is 14.7. The van der Waals surface area contributed by atoms with Crippen molar-refractivity contribution < 1.29 is 14.7 Å². The molecular weight excluding hydrogens is 296 g/mol. The second-order valence-electron chi connectivity index (χ2n) is 4.07. The molecule has 0 radical (unpaired) electrons. The second-order valence-corrected chi connectivity index (χ2v) is 4.48. The monoisotopic (exact) mass is 306 g/mol. The van der Waals surface area contributed by atoms with Crippen LogP contribution in [0.3, 0.4) is 0 Å². The molecule has 0 fully saturated rings. The van der Waals surface area contributed by atoms with Crippen LogP contribution in [0.15, 0.2) is 30.6 Å². The summed E-state index contributed by atoms with van der Waals surface area (Å²) in [4.78, 5) is 26.4. The maximum absolute atomic E-state index is 12.0. The van der Waals surface area contributed by atoms with E-state index in [9.17, 15) is 9.59 Å². The molecule has 2 rings (SSSR count). The number of carbonyl (C=O) groups is 2. The van der Waals surface area contributed by atoms with Crippen molar-refractivity contribution in [1.82, 2.24) is 14.8 Å². The first-order valence-electron chi connectivity index (χ1n) is 5.83. The lowest BCUT2D eigenvalue weighted by atomic mass is 10.1. The summed E-state index contributed by atoms with van der Waals surface area (Å²) < 4.78 is 1.42. The molecule has 7 nitrogen and oxygen atoms in total. The van der Waals surface area contributed by atoms with E-state index in [2.05, 4.69) is 15.4 Å². The lowest BCUT2D eigenvalue weighted by molar-refractivity contribution is -0.131. The number of halogens is 1. The number of anilines is 1. The zero-order valence-corrected chi connectivity index (χ0v) is 11.7. The number of carboxylic acids is 1. The first-order valence-corrected chi connectivity index (χ1v) is 6.21. The molecule has 0 aliphatic heterocycles. The van der Waals surface area contributed by atoms with Gasteiger partial charge in [-0.05, 0) is 23.8 Å². The fourth-order valence-electron chi connectivity index (χ4n) is 1.55. The van der Waals surface area contributed by atoms with Crippen LogP contribution >= 0.6 is 11.6 Å². The molecule has 0 aliphatic rings. The summed E-state index contributed by atoms with van der Waals surface area (Å²) in [6.45, 7) is 0. The zero-order chi connectivity index (χ0) is 15.4. The number of nitrogens with zero attached hydrogens (tertiary/aromatic N) is 3. The molecule has 0 aliphatic carbocycles. The molecule has 108 valence electrons. The maximum atomic E-state index is 12.0. The van der Waals surface area contributed by atoms with Gasteiger partial charge < -0.3 is 5.11 Å². The van der Waals surface area contributed by atoms with E-state index in [1.807, 2.05) is 0 Å². The minimum absolute atomic E-state index is 0.276. The van der Waals surface area contributed by atoms with Crippen LogP contribution in [0.4, 0.5) is 5.95 Å². The van der Waals surface area contributed by atoms with Crippen LogP contribution < -0.4 is 5.32 Å². The van der Waals surface area contributed by atoms with Gasteiger partial charge in [0.15, 0.2) is 0 Å². The van der Waals surface area contributed by atoms with E-state index in [0.717, 1.165) is 6.08 Å². The standard InChI is InChI=1S/C13H11ClN4O3/c1-18-13(15-7-16-18)17-12(21)9-3-2-8(10(14)6-9)4-5-11(19)20/h2-7H,1H3,(H,19,20)(H,15,16,17,21)/b5-4+. The number of hydrogen-bond acceptors (Lipinski definition) is 4. The summed E-state index contributed by atoms with van der Waals surface area (Å²) in [6, 6.07) is 4.56. The number of aromatic nitrogens is 3. The predicted molar refractivity (Wildman–Crippen MR) is 77.1 cm³/mol. The molecule has 0 saturated heterocycles. The lowest BCUT2D eigenvalue weighted by Crippen LogP contribution is -2.15. The molecule has 21 heavy (non-hydrogen) atoms. The van der Waals surface area contributed by atoms with Gasteiger partial charge in [0.25, 0.3) is 5.91 Å². The van der Waals surface area contributed by atoms with E-state index in [1.165, 1.54) is 23.2 Å². The molecule has 0 saturated carbocycles. The van der Waals surface area contributed by atoms with Gasteiger partial charge in [-0.25, -0.2) is 9.48 Å². The van der Waals surface area contributed by atoms with E-state index in [0.29, 0.717) is 17.1 Å². The Morgan fingerprint density at radius 3 is 2.76 bits per heavy atom. The minimum Gasteiger partial charge on any atom is -0.478 e. The first-order chi connectivity index (χ1) is 9.97. The molecule has 8 heteroatoms. The van der Waals surface area contributed by atoms with Crippen LogP contribution in [0.2, 0.25) is 5.02 Å². The van der Waals surface area contributed by atoms with E-state index in [1.54, 1.807) is 19.2 Å². The number of carboxylic acid groups (broad SMARTS) is 1. The SMILES string of the molecule is Cn1ncnc1NC(=O)c1ccc(/C=C/C(=O)O)c(Cl)c1. The third kappa shape index (κ3) is 3.67. The Labute approximate surface area is 124 Å². The van der Waals surface area contributed by atoms with E-state index >= 15 is 0 Å². The van der Waals surface area contributed by atoms with Gasteiger partial charge in [-0.2, -0.15) is 10.1 Å². The molecule has 0 bridgehead atoms. The molecule has 0 unspecified atom stereocenters. The van der Waals surface area contributed by atoms with E-state index in [4.69, 9.17) is 16.7 Å². The smallest absolute Gasteiger partial charge is 0.328 e. The van der Waals surface area contributed by atoms with Crippen molar-refractivity contribution in [2.75, 3.05) is 5.32 Å². The Balaban J connectivity index is 2.18. The average molecular weight is 307 g/mol. The summed E-state index contributed by atoms with van der Waals surface area (Å²) in [5.41, 5.74) is 0.838. The fraction of sp³-hybridized carbons (Fsp3) is 0.0769. The summed E-state index contributed by atoms with van der Waals surface area (Å²) in [6.07, 6.45) is 3.65. The van der Waals surface area contributed by atoms with Crippen LogP contribution in [0.5, 0.6) is 0 Å². The number of hydrogen-bond donors (Lipinski definition) is 2. The molecular formula is C13H11ClN4O3. The van der Waals surface area contributed by atoms with Crippen LogP contribution in [-0.4, -0.2) is 31.7 Å². The van der Waals surface area contributed by atoms with Gasteiger partial charge >= 0.3 is 5.97 Å². The van der Waals surface area contributed by atoms with Gasteiger partial charge in [0.1, 0.15) is 6.33 Å². The molecule has 1 aromatic carbocycles. The van der Waals surface area contributed by atoms with Crippen LogP contribution in [0.1, 0.15) is 15.9 Å². The van der Waals surface area contributed by atoms with Crippen molar-refractivity contribution in [2.24, 2.45) is 7.05 Å². The highest BCUT2D eigenvalue weighted by atomic mass is 35.5. The normalized spacial score (nSPS) is 10.8. The summed E-state index contributed by atoms with van der Waals surface area (Å²) in [5, 5.41) is 15.3. The van der Waals surface area contributed by atoms with Crippen LogP contribution in [-0.2, 0) is 11.8 Å². The van der Waals surface area contributed by atoms with Gasteiger partial charge in [-0.15, -0.1) is 0 Å². The summed E-state index contributed by atoms with van der Waals surface area (Å²) >= 11 is 6.01. The molecule has 2 aromatic rings. The van der Waals surface area contributed by atoms with Crippen molar-refractivity contribution in [2.45, 2.75) is 0 Å². The number of carbonyl (C=O) groups excluding carboxylic acids is 1. The Morgan fingerprint density at radius 1 is 1.43 bits per heavy atom. The fourth-order valence-corrected chi connectivity index (χ4v) is 1.79. The molecule has 0 atom stereocenters. The Morgan fingerprint density at radius 2 is 2.19 bits per heavy atom. The lowest BCUT2D eigenvalue weighted by Gasteiger charge is -2.05. The summed E-state index contributed by atoms with van der Waals surface area (Å²) in [5.74, 6) is -1.15. The molecule has 0 spiro atoms. The van der Waals surface area contributed by atoms with Crippen molar-refractivity contribution in [3.05, 3.63) is 46.8 Å². The largest absolute Gasteiger partial charge is 0.478 e. The highest BCUT2D eigenvalue weighted by Gasteiger charge is 2.11. The van der Waals surface area contributed by atoms with E-state index in [-0.39, 0.29) is 10.9 Å². The average Bonchev–Trinajstić information content (AvgIpc) is 2.82. The highest BCUT2D eigenvalue weighted by molar-refractivity contribution is 6.32. The Kier molecular flexibility index (Phi) is 4.34. The molecule has 1 aromatic heterocycles. The number of rotatable bonds is 4. The summed E-state index contributed by atoms with van der Waals surface area (Å²) in [7, 11) is 1.65. The van der Waals surface area contributed by atoms with Gasteiger partial charge in [0, 0.05) is 23.7 Å². The Bertz CT molecular complexity index is 724. The third-order valence-corrected chi connectivity index (χ3v) is 2.93. The van der Waals surface area contributed by atoms with Crippen molar-refractivity contribution >= 4 is 35.5 Å². The quantitative estimate of drug-likeness (QED) is 0.840. The van der Waals surface area contributed by atoms with Gasteiger partial charge in [0.2, 0.25) is 5.95 Å². The van der Waals surface area contributed by atoms with Crippen molar-refractivity contribution in [3.8, 4) is 0 Å². The minimum atomic E-state index is -1.07. The highest BCUT2D eigenvalue weighted by Crippen LogP contribution is 2.20. The zero-order valence-electron chi connectivity index (χ0n) is 10.9. The molecule has 2 N–H and O–H groups in total. The number of benzene rings is 1. The third-order valence-electron chi connectivity index (χ3n) is 2.60. The topological polar surface area (TPSA) is 97.1 Å². The number of nitrogens with one attached hydrogen (secondary N) is 1. The van der Waals surface area contributed by atoms with Crippen molar-refractivity contribution in [3.63, 3.8) is 0 Å². The molecule has 1 heterocycles. The number of aliphatic carboxylic acids is 1. The number of amides is 1. The van der Waals surface area contributed by atoms with Gasteiger partial charge in [-0.3, -0.25) is 10.1 Å². The number of aryl methyl sites for hydroxylation is 1.